The van der Waals surface area contributed by atoms with Crippen LogP contribution in [0.1, 0.15) is 38.3 Å². The molecule has 0 aliphatic carbocycles. The van der Waals surface area contributed by atoms with Crippen molar-refractivity contribution in [2.45, 2.75) is 52.2 Å². The number of likely N-dealkylation sites (N-methyl/N-ethyl adjacent to an activating group) is 1. The first kappa shape index (κ1) is 16.3. The van der Waals surface area contributed by atoms with Crippen molar-refractivity contribution in [3.05, 3.63) is 29.3 Å². The van der Waals surface area contributed by atoms with E-state index in [9.17, 15) is 0 Å². The molecular formula is C18H29NO2. The van der Waals surface area contributed by atoms with Gasteiger partial charge in [0.15, 0.2) is 0 Å². The molecule has 118 valence electrons. The molecule has 3 nitrogen and oxygen atoms in total. The van der Waals surface area contributed by atoms with Gasteiger partial charge < -0.3 is 14.8 Å². The summed E-state index contributed by atoms with van der Waals surface area (Å²) in [5, 5.41) is 3.43. The minimum atomic E-state index is 0.133. The van der Waals surface area contributed by atoms with Crippen molar-refractivity contribution in [1.82, 2.24) is 5.32 Å². The molecule has 1 N–H and O–H groups in total. The lowest BCUT2D eigenvalue weighted by molar-refractivity contribution is -0.0112. The fourth-order valence-corrected chi connectivity index (χ4v) is 3.29. The minimum absolute atomic E-state index is 0.133. The number of fused-ring (bicyclic) bond motifs is 1. The zero-order valence-corrected chi connectivity index (χ0v) is 14.0. The Morgan fingerprint density at radius 2 is 2.10 bits per heavy atom. The highest BCUT2D eigenvalue weighted by atomic mass is 16.5. The molecule has 1 aromatic carbocycles. The smallest absolute Gasteiger partial charge is 0.122 e. The Kier molecular flexibility index (Phi) is 5.28. The zero-order chi connectivity index (χ0) is 15.5. The average molecular weight is 291 g/mol. The van der Waals surface area contributed by atoms with Gasteiger partial charge in [-0.3, -0.25) is 0 Å². The van der Waals surface area contributed by atoms with E-state index in [0.29, 0.717) is 6.04 Å². The summed E-state index contributed by atoms with van der Waals surface area (Å²) in [5.41, 5.74) is 2.88. The third-order valence-corrected chi connectivity index (χ3v) is 4.34. The van der Waals surface area contributed by atoms with Crippen LogP contribution in [-0.4, -0.2) is 32.9 Å². The molecule has 0 bridgehead atoms. The van der Waals surface area contributed by atoms with Crippen molar-refractivity contribution in [2.75, 3.05) is 20.8 Å². The Bertz CT molecular complexity index is 465. The molecule has 21 heavy (non-hydrogen) atoms. The summed E-state index contributed by atoms with van der Waals surface area (Å²) >= 11 is 0. The molecule has 0 aromatic heterocycles. The number of benzene rings is 1. The maximum atomic E-state index is 5.75. The second kappa shape index (κ2) is 6.80. The normalized spacial score (nSPS) is 17.2. The van der Waals surface area contributed by atoms with E-state index in [1.54, 1.807) is 0 Å². The number of rotatable bonds is 6. The summed E-state index contributed by atoms with van der Waals surface area (Å²) in [6.45, 7) is 7.53. The van der Waals surface area contributed by atoms with Gasteiger partial charge in [0.25, 0.3) is 0 Å². The quantitative estimate of drug-likeness (QED) is 0.873. The fourth-order valence-electron chi connectivity index (χ4n) is 3.29. The van der Waals surface area contributed by atoms with Gasteiger partial charge in [0.1, 0.15) is 5.75 Å². The largest absolute Gasteiger partial charge is 0.493 e. The highest BCUT2D eigenvalue weighted by Crippen LogP contribution is 2.28. The van der Waals surface area contributed by atoms with Gasteiger partial charge in [-0.15, -0.1) is 0 Å². The third-order valence-electron chi connectivity index (χ3n) is 4.34. The van der Waals surface area contributed by atoms with E-state index in [4.69, 9.17) is 9.47 Å². The number of nitrogens with one attached hydrogen (secondary N) is 1. The molecule has 0 saturated heterocycles. The van der Waals surface area contributed by atoms with Gasteiger partial charge in [0, 0.05) is 19.6 Å². The van der Waals surface area contributed by atoms with Crippen LogP contribution in [-0.2, 0) is 17.6 Å². The van der Waals surface area contributed by atoms with Gasteiger partial charge >= 0.3 is 0 Å². The Labute approximate surface area is 129 Å². The average Bonchev–Trinajstić information content (AvgIpc) is 2.89. The van der Waals surface area contributed by atoms with E-state index in [1.165, 1.54) is 11.1 Å². The highest BCUT2D eigenvalue weighted by molar-refractivity contribution is 5.39. The van der Waals surface area contributed by atoms with E-state index in [1.807, 2.05) is 14.2 Å². The summed E-state index contributed by atoms with van der Waals surface area (Å²) in [6, 6.07) is 6.97. The van der Waals surface area contributed by atoms with Crippen LogP contribution in [0.15, 0.2) is 18.2 Å². The molecule has 0 saturated carbocycles. The summed E-state index contributed by atoms with van der Waals surface area (Å²) in [6.07, 6.45) is 3.39. The van der Waals surface area contributed by atoms with Crippen molar-refractivity contribution < 1.29 is 9.47 Å². The number of hydrogen-bond acceptors (Lipinski definition) is 3. The van der Waals surface area contributed by atoms with Crippen LogP contribution >= 0.6 is 0 Å². The lowest BCUT2D eigenvalue weighted by atomic mass is 9.82. The lowest BCUT2D eigenvalue weighted by Crippen LogP contribution is -2.46. The molecule has 2 atom stereocenters. The molecule has 1 aliphatic heterocycles. The van der Waals surface area contributed by atoms with E-state index >= 15 is 0 Å². The maximum Gasteiger partial charge on any atom is 0.122 e. The topological polar surface area (TPSA) is 30.5 Å². The molecule has 1 heterocycles. The first-order valence-corrected chi connectivity index (χ1v) is 7.90. The van der Waals surface area contributed by atoms with Gasteiger partial charge in [-0.05, 0) is 42.5 Å². The summed E-state index contributed by atoms with van der Waals surface area (Å²) < 4.78 is 11.3. The molecule has 0 spiro atoms. The molecule has 1 aromatic rings. The van der Waals surface area contributed by atoms with Crippen LogP contribution in [0.3, 0.4) is 0 Å². The van der Waals surface area contributed by atoms with Gasteiger partial charge in [0.2, 0.25) is 0 Å². The van der Waals surface area contributed by atoms with Crippen LogP contribution < -0.4 is 10.1 Å². The van der Waals surface area contributed by atoms with Crippen molar-refractivity contribution in [3.63, 3.8) is 0 Å². The van der Waals surface area contributed by atoms with Crippen LogP contribution in [0.2, 0.25) is 0 Å². The Hall–Kier alpha value is -1.06. The van der Waals surface area contributed by atoms with Gasteiger partial charge in [0.05, 0.1) is 12.7 Å². The molecule has 2 rings (SSSR count). The number of aryl methyl sites for hydroxylation is 1. The van der Waals surface area contributed by atoms with E-state index in [2.05, 4.69) is 44.3 Å². The van der Waals surface area contributed by atoms with Crippen molar-refractivity contribution in [1.29, 1.82) is 0 Å². The standard InChI is InChI=1S/C18H29NO2/c1-18(2,3)17(20-5)15(19-4)8-6-13-7-9-16-14(12-13)10-11-21-16/h7,9,12,15,17,19H,6,8,10-11H2,1-5H3. The zero-order valence-electron chi connectivity index (χ0n) is 14.0. The van der Waals surface area contributed by atoms with Crippen molar-refractivity contribution in [2.24, 2.45) is 5.41 Å². The first-order valence-electron chi connectivity index (χ1n) is 7.90. The number of ether oxygens (including phenoxy) is 2. The van der Waals surface area contributed by atoms with Crippen molar-refractivity contribution >= 4 is 0 Å². The van der Waals surface area contributed by atoms with Crippen LogP contribution in [0, 0.1) is 5.41 Å². The lowest BCUT2D eigenvalue weighted by Gasteiger charge is -2.36. The second-order valence-corrected chi connectivity index (χ2v) is 7.00. The van der Waals surface area contributed by atoms with Crippen LogP contribution in [0.5, 0.6) is 5.75 Å². The number of hydrogen-bond donors (Lipinski definition) is 1. The molecule has 0 fully saturated rings. The van der Waals surface area contributed by atoms with E-state index in [-0.39, 0.29) is 11.5 Å². The molecule has 0 amide bonds. The van der Waals surface area contributed by atoms with Crippen LogP contribution in [0.25, 0.3) is 0 Å². The Morgan fingerprint density at radius 1 is 1.33 bits per heavy atom. The third kappa shape index (κ3) is 3.98. The fraction of sp³-hybridized carbons (Fsp3) is 0.667. The highest BCUT2D eigenvalue weighted by Gasteiger charge is 2.31. The van der Waals surface area contributed by atoms with Crippen LogP contribution in [0.4, 0.5) is 0 Å². The monoisotopic (exact) mass is 291 g/mol. The minimum Gasteiger partial charge on any atom is -0.493 e. The summed E-state index contributed by atoms with van der Waals surface area (Å²) in [7, 11) is 3.84. The first-order chi connectivity index (χ1) is 9.95. The SMILES string of the molecule is CNC(CCc1ccc2c(c1)CCO2)C(OC)C(C)(C)C. The molecule has 2 unspecified atom stereocenters. The van der Waals surface area contributed by atoms with E-state index < -0.39 is 0 Å². The Morgan fingerprint density at radius 3 is 2.71 bits per heavy atom. The second-order valence-electron chi connectivity index (χ2n) is 7.00. The Balaban J connectivity index is 1.99. The van der Waals surface area contributed by atoms with Gasteiger partial charge in [-0.25, -0.2) is 0 Å². The summed E-state index contributed by atoms with van der Waals surface area (Å²) in [5.74, 6) is 1.06. The van der Waals surface area contributed by atoms with E-state index in [0.717, 1.165) is 31.6 Å². The molecule has 3 heteroatoms. The maximum absolute atomic E-state index is 5.75. The predicted octanol–water partition coefficient (Wildman–Crippen LogP) is 3.20. The van der Waals surface area contributed by atoms with Gasteiger partial charge in [-0.2, -0.15) is 0 Å². The molecule has 1 aliphatic rings. The van der Waals surface area contributed by atoms with Crippen molar-refractivity contribution in [3.8, 4) is 5.75 Å². The van der Waals surface area contributed by atoms with Gasteiger partial charge in [-0.1, -0.05) is 32.9 Å². The molecule has 0 radical (unpaired) electrons. The summed E-state index contributed by atoms with van der Waals surface area (Å²) in [4.78, 5) is 0. The number of methoxy groups -OCH3 is 1. The predicted molar refractivity (Wildman–Crippen MR) is 87.1 cm³/mol. The molecular weight excluding hydrogens is 262 g/mol.